The predicted molar refractivity (Wildman–Crippen MR) is 146 cm³/mol. The number of rotatable bonds is 8. The molecule has 1 aliphatic heterocycles. The van der Waals surface area contributed by atoms with Gasteiger partial charge < -0.3 is 15.4 Å². The highest BCUT2D eigenvalue weighted by Crippen LogP contribution is 2.39. The zero-order valence-electron chi connectivity index (χ0n) is 19.9. The van der Waals surface area contributed by atoms with E-state index in [4.69, 9.17) is 4.74 Å². The van der Waals surface area contributed by atoms with Gasteiger partial charge in [-0.1, -0.05) is 48.5 Å². The molecule has 1 unspecified atom stereocenters. The van der Waals surface area contributed by atoms with Gasteiger partial charge >= 0.3 is 0 Å². The molecule has 2 N–H and O–H groups in total. The molecule has 2 aromatic carbocycles. The van der Waals surface area contributed by atoms with Crippen molar-refractivity contribution >= 4 is 56.4 Å². The number of amides is 1. The molecule has 1 saturated heterocycles. The lowest BCUT2D eigenvalue weighted by Gasteiger charge is -2.12. The van der Waals surface area contributed by atoms with Gasteiger partial charge in [-0.25, -0.2) is 0 Å². The topological polar surface area (TPSA) is 89.4 Å². The van der Waals surface area contributed by atoms with E-state index in [2.05, 4.69) is 10.6 Å². The van der Waals surface area contributed by atoms with Gasteiger partial charge in [0.2, 0.25) is 0 Å². The molecular formula is C27H28ClN3O4S. The van der Waals surface area contributed by atoms with E-state index in [1.54, 1.807) is 24.3 Å². The largest absolute Gasteiger partial charge is 0.494 e. The molecular weight excluding hydrogens is 498 g/mol. The smallest absolute Gasteiger partial charge is 0.265 e. The number of pyridine rings is 1. The third-order valence-corrected chi connectivity index (χ3v) is 7.71. The summed E-state index contributed by atoms with van der Waals surface area (Å²) in [4.78, 5) is 40.2. The molecule has 9 heteroatoms. The van der Waals surface area contributed by atoms with Gasteiger partial charge in [0.05, 0.1) is 23.9 Å². The number of hydrogen-bond donors (Lipinski definition) is 2. The van der Waals surface area contributed by atoms with Crippen LogP contribution in [-0.4, -0.2) is 42.5 Å². The van der Waals surface area contributed by atoms with Crippen LogP contribution in [0, 0.1) is 0 Å². The number of para-hydroxylation sites is 1. The van der Waals surface area contributed by atoms with Crippen LogP contribution in [-0.2, 0) is 6.54 Å². The fraction of sp³-hybridized carbons (Fsp3) is 0.296. The average molecular weight is 526 g/mol. The number of carbonyl (C=O) groups excluding carboxylic acids is 2. The van der Waals surface area contributed by atoms with E-state index < -0.39 is 0 Å². The molecule has 0 aliphatic carbocycles. The number of ketones is 1. The molecule has 36 heavy (non-hydrogen) atoms. The number of benzene rings is 2. The first-order valence-corrected chi connectivity index (χ1v) is 12.6. The SMILES string of the molecule is COc1c(C(=O)NCCC2CCCN2)sc2c1c(=O)n(CC(=O)c1ccccc1)c1ccccc21.Cl. The quantitative estimate of drug-likeness (QED) is 0.333. The number of hydrogen-bond acceptors (Lipinski definition) is 6. The fourth-order valence-corrected chi connectivity index (χ4v) is 5.96. The van der Waals surface area contributed by atoms with E-state index in [0.29, 0.717) is 38.6 Å². The normalized spacial score (nSPS) is 15.1. The van der Waals surface area contributed by atoms with Crippen molar-refractivity contribution in [1.82, 2.24) is 15.2 Å². The summed E-state index contributed by atoms with van der Waals surface area (Å²) in [6.07, 6.45) is 3.14. The number of Topliss-reactive ketones (excluding diaryl/α,β-unsaturated/α-hetero) is 1. The fourth-order valence-electron chi connectivity index (χ4n) is 4.75. The second-order valence-corrected chi connectivity index (χ2v) is 9.72. The molecule has 0 bridgehead atoms. The van der Waals surface area contributed by atoms with Crippen molar-refractivity contribution in [1.29, 1.82) is 0 Å². The third-order valence-electron chi connectivity index (χ3n) is 6.51. The molecule has 0 radical (unpaired) electrons. The first-order chi connectivity index (χ1) is 17.1. The monoisotopic (exact) mass is 525 g/mol. The first kappa shape index (κ1) is 25.9. The van der Waals surface area contributed by atoms with Crippen molar-refractivity contribution in [2.75, 3.05) is 20.2 Å². The molecule has 7 nitrogen and oxygen atoms in total. The zero-order valence-corrected chi connectivity index (χ0v) is 21.5. The van der Waals surface area contributed by atoms with Crippen LogP contribution in [0.4, 0.5) is 0 Å². The van der Waals surface area contributed by atoms with Crippen LogP contribution in [0.25, 0.3) is 21.0 Å². The number of thiophene rings is 1. The van der Waals surface area contributed by atoms with E-state index >= 15 is 0 Å². The Hall–Kier alpha value is -3.20. The Balaban J connectivity index is 0.00000304. The second-order valence-electron chi connectivity index (χ2n) is 8.70. The molecule has 188 valence electrons. The summed E-state index contributed by atoms with van der Waals surface area (Å²) in [6, 6.07) is 16.8. The first-order valence-electron chi connectivity index (χ1n) is 11.8. The van der Waals surface area contributed by atoms with Gasteiger partial charge in [0, 0.05) is 23.5 Å². The molecule has 0 saturated carbocycles. The van der Waals surface area contributed by atoms with Crippen molar-refractivity contribution in [2.24, 2.45) is 0 Å². The van der Waals surface area contributed by atoms with Gasteiger partial charge in [-0.2, -0.15) is 0 Å². The standard InChI is InChI=1S/C27H27N3O4S.ClH/c1-34-23-22-24(35-25(23)26(32)29-15-13-18-10-7-14-28-18)19-11-5-6-12-20(19)30(27(22)33)16-21(31)17-8-3-2-4-9-17;/h2-6,8-9,11-12,18,28H,7,10,13-16H2,1H3,(H,29,32);1H. The van der Waals surface area contributed by atoms with Crippen molar-refractivity contribution in [3.05, 3.63) is 75.4 Å². The Bertz CT molecular complexity index is 1460. The van der Waals surface area contributed by atoms with Gasteiger partial charge in [-0.3, -0.25) is 19.0 Å². The number of ether oxygens (including phenoxy) is 1. The maximum atomic E-state index is 13.7. The molecule has 1 amide bonds. The van der Waals surface area contributed by atoms with E-state index in [1.807, 2.05) is 30.3 Å². The molecule has 1 atom stereocenters. The molecule has 3 heterocycles. The average Bonchev–Trinajstić information content (AvgIpc) is 3.55. The molecule has 5 rings (SSSR count). The maximum absolute atomic E-state index is 13.7. The van der Waals surface area contributed by atoms with Gasteiger partial charge in [0.25, 0.3) is 11.5 Å². The molecule has 0 spiro atoms. The Kier molecular flexibility index (Phi) is 8.08. The Morgan fingerprint density at radius 1 is 1.14 bits per heavy atom. The lowest BCUT2D eigenvalue weighted by Crippen LogP contribution is -2.30. The van der Waals surface area contributed by atoms with Crippen LogP contribution in [0.2, 0.25) is 0 Å². The Labute approximate surface area is 218 Å². The highest BCUT2D eigenvalue weighted by molar-refractivity contribution is 7.22. The van der Waals surface area contributed by atoms with Crippen molar-refractivity contribution in [3.63, 3.8) is 0 Å². The number of halogens is 1. The van der Waals surface area contributed by atoms with Crippen molar-refractivity contribution in [3.8, 4) is 5.75 Å². The van der Waals surface area contributed by atoms with Crippen LogP contribution >= 0.6 is 23.7 Å². The minimum Gasteiger partial charge on any atom is -0.494 e. The van der Waals surface area contributed by atoms with Crippen molar-refractivity contribution in [2.45, 2.75) is 31.8 Å². The van der Waals surface area contributed by atoms with Crippen molar-refractivity contribution < 1.29 is 14.3 Å². The lowest BCUT2D eigenvalue weighted by atomic mass is 10.1. The molecule has 2 aromatic heterocycles. The van der Waals surface area contributed by atoms with Gasteiger partial charge in [-0.15, -0.1) is 23.7 Å². The van der Waals surface area contributed by atoms with Crippen LogP contribution in [0.15, 0.2) is 59.4 Å². The minimum atomic E-state index is -0.342. The summed E-state index contributed by atoms with van der Waals surface area (Å²) in [5.41, 5.74) is 0.848. The second kappa shape index (κ2) is 11.2. The Morgan fingerprint density at radius 3 is 2.61 bits per heavy atom. The summed E-state index contributed by atoms with van der Waals surface area (Å²) in [6.45, 7) is 1.47. The summed E-state index contributed by atoms with van der Waals surface area (Å²) < 4.78 is 7.78. The number of methoxy groups -OCH3 is 1. The van der Waals surface area contributed by atoms with Gasteiger partial charge in [0.15, 0.2) is 11.5 Å². The van der Waals surface area contributed by atoms with E-state index in [9.17, 15) is 14.4 Å². The minimum absolute atomic E-state index is 0. The Morgan fingerprint density at radius 2 is 1.89 bits per heavy atom. The van der Waals surface area contributed by atoms with E-state index in [0.717, 1.165) is 31.2 Å². The molecule has 1 fully saturated rings. The van der Waals surface area contributed by atoms with Gasteiger partial charge in [-0.05, 0) is 31.9 Å². The number of aromatic nitrogens is 1. The summed E-state index contributed by atoms with van der Waals surface area (Å²) >= 11 is 1.26. The highest BCUT2D eigenvalue weighted by atomic mass is 35.5. The van der Waals surface area contributed by atoms with Crippen LogP contribution in [0.5, 0.6) is 5.75 Å². The highest BCUT2D eigenvalue weighted by Gasteiger charge is 2.25. The lowest BCUT2D eigenvalue weighted by molar-refractivity contribution is 0.0950. The van der Waals surface area contributed by atoms with Crippen LogP contribution < -0.4 is 20.9 Å². The maximum Gasteiger partial charge on any atom is 0.265 e. The summed E-state index contributed by atoms with van der Waals surface area (Å²) in [5, 5.41) is 7.56. The summed E-state index contributed by atoms with van der Waals surface area (Å²) in [5.74, 6) is -0.153. The van der Waals surface area contributed by atoms with Crippen LogP contribution in [0.3, 0.4) is 0 Å². The molecule has 1 aliphatic rings. The van der Waals surface area contributed by atoms with Crippen LogP contribution in [0.1, 0.15) is 39.3 Å². The van der Waals surface area contributed by atoms with Gasteiger partial charge in [0.1, 0.15) is 10.3 Å². The zero-order chi connectivity index (χ0) is 24.4. The number of nitrogens with one attached hydrogen (secondary N) is 2. The third kappa shape index (κ3) is 4.89. The van der Waals surface area contributed by atoms with E-state index in [1.165, 1.54) is 23.0 Å². The molecule has 4 aromatic rings. The number of carbonyl (C=O) groups is 2. The number of nitrogens with zero attached hydrogens (tertiary/aromatic N) is 1. The number of fused-ring (bicyclic) bond motifs is 3. The predicted octanol–water partition coefficient (Wildman–Crippen LogP) is 4.40. The van der Waals surface area contributed by atoms with E-state index in [-0.39, 0.29) is 42.0 Å². The summed E-state index contributed by atoms with van der Waals surface area (Å²) in [7, 11) is 1.47.